The molecule has 0 bridgehead atoms. The van der Waals surface area contributed by atoms with Crippen LogP contribution in [0.4, 0.5) is 5.82 Å². The summed E-state index contributed by atoms with van der Waals surface area (Å²) < 4.78 is 10.3. The van der Waals surface area contributed by atoms with Crippen molar-refractivity contribution < 1.29 is 14.2 Å². The van der Waals surface area contributed by atoms with Crippen molar-refractivity contribution in [1.82, 2.24) is 10.3 Å². The Morgan fingerprint density at radius 2 is 1.89 bits per heavy atom. The highest BCUT2D eigenvalue weighted by Crippen LogP contribution is 2.30. The van der Waals surface area contributed by atoms with E-state index >= 15 is 0 Å². The zero-order valence-electron chi connectivity index (χ0n) is 15.5. The van der Waals surface area contributed by atoms with Gasteiger partial charge in [-0.15, -0.1) is 0 Å². The summed E-state index contributed by atoms with van der Waals surface area (Å²) in [6, 6.07) is 13.1. The molecular weight excluding hydrogens is 354 g/mol. The van der Waals surface area contributed by atoms with Gasteiger partial charge in [0.15, 0.2) is 5.69 Å². The zero-order chi connectivity index (χ0) is 19.3. The lowest BCUT2D eigenvalue weighted by Crippen LogP contribution is -2.13. The van der Waals surface area contributed by atoms with Crippen LogP contribution in [0, 0.1) is 0 Å². The fourth-order valence-electron chi connectivity index (χ4n) is 3.38. The van der Waals surface area contributed by atoms with E-state index < -0.39 is 0 Å². The van der Waals surface area contributed by atoms with Crippen molar-refractivity contribution in [2.24, 2.45) is 0 Å². The van der Waals surface area contributed by atoms with Crippen LogP contribution in [0.3, 0.4) is 0 Å². The Balaban J connectivity index is 1.51. The lowest BCUT2D eigenvalue weighted by molar-refractivity contribution is 0.102. The van der Waals surface area contributed by atoms with Crippen LogP contribution in [0.5, 0.6) is 5.75 Å². The molecule has 1 aliphatic carbocycles. The number of hydrogen-bond acceptors (Lipinski definition) is 5. The van der Waals surface area contributed by atoms with E-state index in [1.165, 1.54) is 24.0 Å². The number of rotatable bonds is 6. The van der Waals surface area contributed by atoms with Gasteiger partial charge in [0.05, 0.1) is 0 Å². The topological polar surface area (TPSA) is 77.2 Å². The fraction of sp³-hybridized carbons (Fsp3) is 0.227. The summed E-state index contributed by atoms with van der Waals surface area (Å²) in [5.74, 6) is 0.701. The summed E-state index contributed by atoms with van der Waals surface area (Å²) in [6.45, 7) is 4.03. The van der Waals surface area contributed by atoms with E-state index in [0.29, 0.717) is 29.4 Å². The summed E-state index contributed by atoms with van der Waals surface area (Å²) in [5, 5.41) is 10.7. The van der Waals surface area contributed by atoms with Crippen molar-refractivity contribution in [1.29, 1.82) is 0 Å². The first kappa shape index (κ1) is 18.0. The molecular formula is C22H21N3O3. The number of nitrogens with one attached hydrogen (secondary N) is 1. The molecule has 28 heavy (non-hydrogen) atoms. The molecule has 0 fully saturated rings. The second-order valence-corrected chi connectivity index (χ2v) is 6.73. The number of carbonyl (C=O) groups is 1. The van der Waals surface area contributed by atoms with Gasteiger partial charge in [0.2, 0.25) is 5.82 Å². The summed E-state index contributed by atoms with van der Waals surface area (Å²) in [4.78, 5) is 12.6. The van der Waals surface area contributed by atoms with Crippen molar-refractivity contribution >= 4 is 11.7 Å². The van der Waals surface area contributed by atoms with Gasteiger partial charge < -0.3 is 10.1 Å². The number of fused-ring (bicyclic) bond motifs is 1. The Kier molecular flexibility index (Phi) is 5.19. The van der Waals surface area contributed by atoms with E-state index in [-0.39, 0.29) is 5.91 Å². The first-order chi connectivity index (χ1) is 13.7. The number of ether oxygens (including phenoxy) is 1. The Labute approximate surface area is 163 Å². The maximum Gasteiger partial charge on any atom is 0.256 e. The average Bonchev–Trinajstić information content (AvgIpc) is 3.20. The van der Waals surface area contributed by atoms with Gasteiger partial charge in [0, 0.05) is 11.1 Å². The molecule has 0 saturated heterocycles. The van der Waals surface area contributed by atoms with Gasteiger partial charge >= 0.3 is 0 Å². The highest BCUT2D eigenvalue weighted by Gasteiger charge is 2.18. The van der Waals surface area contributed by atoms with Gasteiger partial charge in [-0.25, -0.2) is 4.63 Å². The van der Waals surface area contributed by atoms with Crippen molar-refractivity contribution in [3.05, 3.63) is 71.8 Å². The van der Waals surface area contributed by atoms with Gasteiger partial charge in [-0.05, 0) is 77.5 Å². The van der Waals surface area contributed by atoms with E-state index in [1.807, 2.05) is 6.07 Å². The Morgan fingerprint density at radius 1 is 1.11 bits per heavy atom. The molecule has 0 unspecified atom stereocenters. The van der Waals surface area contributed by atoms with Gasteiger partial charge in [0.25, 0.3) is 5.91 Å². The molecule has 0 atom stereocenters. The van der Waals surface area contributed by atoms with E-state index in [1.54, 1.807) is 30.3 Å². The number of aromatic nitrogens is 2. The maximum absolute atomic E-state index is 12.6. The SMILES string of the molecule is C=CCOc1ccc(C(=O)Nc2nonc2-c2ccc3c(c2)CCCC3)cc1. The summed E-state index contributed by atoms with van der Waals surface area (Å²) >= 11 is 0. The molecule has 1 aliphatic rings. The predicted molar refractivity (Wildman–Crippen MR) is 106 cm³/mol. The normalized spacial score (nSPS) is 12.9. The molecule has 0 spiro atoms. The maximum atomic E-state index is 12.6. The second-order valence-electron chi connectivity index (χ2n) is 6.73. The fourth-order valence-corrected chi connectivity index (χ4v) is 3.38. The summed E-state index contributed by atoms with van der Waals surface area (Å²) in [7, 11) is 0. The number of nitrogens with zero attached hydrogens (tertiary/aromatic N) is 2. The average molecular weight is 375 g/mol. The first-order valence-electron chi connectivity index (χ1n) is 9.34. The van der Waals surface area contributed by atoms with Crippen LogP contribution >= 0.6 is 0 Å². The van der Waals surface area contributed by atoms with Gasteiger partial charge in [-0.1, -0.05) is 24.8 Å². The van der Waals surface area contributed by atoms with Gasteiger partial charge in [0.1, 0.15) is 12.4 Å². The summed E-state index contributed by atoms with van der Waals surface area (Å²) in [6.07, 6.45) is 6.28. The van der Waals surface area contributed by atoms with Crippen molar-refractivity contribution in [3.8, 4) is 17.0 Å². The predicted octanol–water partition coefficient (Wildman–Crippen LogP) is 4.43. The molecule has 0 aliphatic heterocycles. The van der Waals surface area contributed by atoms with Crippen LogP contribution in [-0.4, -0.2) is 22.8 Å². The molecule has 4 rings (SSSR count). The van der Waals surface area contributed by atoms with Crippen molar-refractivity contribution in [2.75, 3.05) is 11.9 Å². The minimum absolute atomic E-state index is 0.287. The highest BCUT2D eigenvalue weighted by molar-refractivity contribution is 6.05. The molecule has 1 N–H and O–H groups in total. The minimum Gasteiger partial charge on any atom is -0.490 e. The zero-order valence-corrected chi connectivity index (χ0v) is 15.5. The van der Waals surface area contributed by atoms with Crippen LogP contribution in [-0.2, 0) is 12.8 Å². The van der Waals surface area contributed by atoms with E-state index in [4.69, 9.17) is 9.37 Å². The molecule has 1 aromatic heterocycles. The number of carbonyl (C=O) groups excluding carboxylic acids is 1. The highest BCUT2D eigenvalue weighted by atomic mass is 16.6. The number of anilines is 1. The largest absolute Gasteiger partial charge is 0.490 e. The lowest BCUT2D eigenvalue weighted by atomic mass is 9.90. The van der Waals surface area contributed by atoms with Crippen molar-refractivity contribution in [3.63, 3.8) is 0 Å². The minimum atomic E-state index is -0.287. The Morgan fingerprint density at radius 3 is 2.68 bits per heavy atom. The van der Waals surface area contributed by atoms with E-state index in [2.05, 4.69) is 34.3 Å². The Hall–Kier alpha value is -3.41. The van der Waals surface area contributed by atoms with Gasteiger partial charge in [-0.3, -0.25) is 4.79 Å². The molecule has 1 amide bonds. The van der Waals surface area contributed by atoms with Crippen LogP contribution in [0.1, 0.15) is 34.3 Å². The standard InChI is InChI=1S/C22H21N3O3/c1-2-13-27-19-11-9-16(10-12-19)22(26)23-21-20(24-28-25-21)18-8-7-15-5-3-4-6-17(15)14-18/h2,7-12,14H,1,3-6,13H2,(H,23,25,26). The molecule has 142 valence electrons. The van der Waals surface area contributed by atoms with Crippen LogP contribution < -0.4 is 10.1 Å². The third-order valence-electron chi connectivity index (χ3n) is 4.83. The quantitative estimate of drug-likeness (QED) is 0.645. The van der Waals surface area contributed by atoms with Crippen LogP contribution in [0.25, 0.3) is 11.3 Å². The second kappa shape index (κ2) is 8.08. The number of hydrogen-bond donors (Lipinski definition) is 1. The molecule has 6 heteroatoms. The molecule has 3 aromatic rings. The molecule has 0 saturated carbocycles. The lowest BCUT2D eigenvalue weighted by Gasteiger charge is -2.16. The number of amides is 1. The first-order valence-corrected chi connectivity index (χ1v) is 9.34. The van der Waals surface area contributed by atoms with E-state index in [9.17, 15) is 4.79 Å². The number of aryl methyl sites for hydroxylation is 2. The third-order valence-corrected chi connectivity index (χ3v) is 4.83. The third kappa shape index (κ3) is 3.81. The molecule has 0 radical (unpaired) electrons. The van der Waals surface area contributed by atoms with Crippen molar-refractivity contribution in [2.45, 2.75) is 25.7 Å². The van der Waals surface area contributed by atoms with Gasteiger partial charge in [-0.2, -0.15) is 0 Å². The monoisotopic (exact) mass is 375 g/mol. The van der Waals surface area contributed by atoms with E-state index in [0.717, 1.165) is 18.4 Å². The smallest absolute Gasteiger partial charge is 0.256 e. The molecule has 6 nitrogen and oxygen atoms in total. The molecule has 1 heterocycles. The van der Waals surface area contributed by atoms with Crippen LogP contribution in [0.15, 0.2) is 59.7 Å². The summed E-state index contributed by atoms with van der Waals surface area (Å²) in [5.41, 5.74) is 4.64. The van der Waals surface area contributed by atoms with Crippen LogP contribution in [0.2, 0.25) is 0 Å². The number of benzene rings is 2. The Bertz CT molecular complexity index is 993. The molecule has 2 aromatic carbocycles.